The summed E-state index contributed by atoms with van der Waals surface area (Å²) in [6.45, 7) is 5.33. The van der Waals surface area contributed by atoms with Crippen LogP contribution in [0.5, 0.6) is 5.75 Å². The largest absolute Gasteiger partial charge is 0.497 e. The van der Waals surface area contributed by atoms with Gasteiger partial charge in [-0.15, -0.1) is 0 Å². The zero-order valence-corrected chi connectivity index (χ0v) is 18.7. The van der Waals surface area contributed by atoms with E-state index in [0.29, 0.717) is 39.5 Å². The molecule has 1 aromatic rings. The molecule has 176 valence electrons. The Kier molecular flexibility index (Phi) is 6.91. The van der Waals surface area contributed by atoms with Gasteiger partial charge in [-0.1, -0.05) is 12.1 Å². The lowest BCUT2D eigenvalue weighted by Gasteiger charge is -2.39. The number of benzene rings is 1. The monoisotopic (exact) mass is 447 g/mol. The summed E-state index contributed by atoms with van der Waals surface area (Å²) < 4.78 is 16.9. The third kappa shape index (κ3) is 4.50. The Morgan fingerprint density at radius 1 is 0.969 bits per heavy atom. The van der Waals surface area contributed by atoms with Crippen molar-refractivity contribution in [2.75, 3.05) is 59.7 Å². The highest BCUT2D eigenvalue weighted by molar-refractivity contribution is 5.82. The maximum absolute atomic E-state index is 13.6. The van der Waals surface area contributed by atoms with Gasteiger partial charge in [-0.2, -0.15) is 10.1 Å². The number of methoxy groups -OCH3 is 1. The molecule has 0 aliphatic carbocycles. The number of carbonyl (C=O) groups is 1. The molecule has 0 bridgehead atoms. The molecule has 4 fully saturated rings. The van der Waals surface area contributed by atoms with Gasteiger partial charge in [0.1, 0.15) is 5.75 Å². The van der Waals surface area contributed by atoms with Crippen molar-refractivity contribution in [2.24, 2.45) is 0 Å². The zero-order valence-electron chi connectivity index (χ0n) is 18.7. The molecule has 9 heteroatoms. The number of likely N-dealkylation sites (tertiary alicyclic amines) is 1. The quantitative estimate of drug-likeness (QED) is 0.671. The normalized spacial score (nSPS) is 32.0. The van der Waals surface area contributed by atoms with Crippen LogP contribution in [0.1, 0.15) is 30.7 Å². The first kappa shape index (κ1) is 22.1. The maximum atomic E-state index is 13.6. The first-order chi connectivity index (χ1) is 15.7. The standard InChI is InChI=1S/C23H33N3O6/c1-28-18-7-5-17(6-8-18)19-20-23(32-25-11-14-29-15-12-25)30-16-13-26(20)31-21(19)22(27)24-9-3-2-4-10-24/h5-8,19-21,23H,2-4,9-16H2,1H3/t19-,20+,21-,23?/m1/s1. The van der Waals surface area contributed by atoms with E-state index in [2.05, 4.69) is 0 Å². The van der Waals surface area contributed by atoms with Gasteiger partial charge in [0.25, 0.3) is 5.91 Å². The number of fused-ring (bicyclic) bond motifs is 1. The van der Waals surface area contributed by atoms with Crippen LogP contribution in [0.4, 0.5) is 0 Å². The van der Waals surface area contributed by atoms with Crippen LogP contribution in [-0.2, 0) is 23.9 Å². The summed E-state index contributed by atoms with van der Waals surface area (Å²) in [4.78, 5) is 28.2. The molecule has 4 saturated heterocycles. The maximum Gasteiger partial charge on any atom is 0.254 e. The minimum Gasteiger partial charge on any atom is -0.497 e. The van der Waals surface area contributed by atoms with Gasteiger partial charge in [0, 0.05) is 38.6 Å². The molecule has 0 N–H and O–H groups in total. The van der Waals surface area contributed by atoms with E-state index in [1.165, 1.54) is 6.42 Å². The SMILES string of the molecule is COc1ccc([C@@H]2[C@H]3C(ON4CCOCC4)OCCN3O[C@H]2C(=O)N2CCCCC2)cc1. The van der Waals surface area contributed by atoms with Gasteiger partial charge in [0.05, 0.1) is 33.0 Å². The topological polar surface area (TPSA) is 72.9 Å². The Labute approximate surface area is 189 Å². The minimum absolute atomic E-state index is 0.0602. The number of piperidine rings is 1. The average molecular weight is 448 g/mol. The summed E-state index contributed by atoms with van der Waals surface area (Å²) in [5.41, 5.74) is 1.02. The number of amides is 1. The second-order valence-corrected chi connectivity index (χ2v) is 8.73. The summed E-state index contributed by atoms with van der Waals surface area (Å²) in [6.07, 6.45) is 2.15. The van der Waals surface area contributed by atoms with Crippen molar-refractivity contribution in [3.05, 3.63) is 29.8 Å². The van der Waals surface area contributed by atoms with E-state index in [9.17, 15) is 4.79 Å². The van der Waals surface area contributed by atoms with E-state index in [0.717, 1.165) is 37.2 Å². The molecule has 1 aromatic carbocycles. The van der Waals surface area contributed by atoms with Crippen molar-refractivity contribution in [1.82, 2.24) is 15.0 Å². The number of hydrogen-bond donors (Lipinski definition) is 0. The fourth-order valence-corrected chi connectivity index (χ4v) is 5.09. The van der Waals surface area contributed by atoms with E-state index in [4.69, 9.17) is 23.9 Å². The molecule has 0 spiro atoms. The number of carbonyl (C=O) groups excluding carboxylic acids is 1. The third-order valence-electron chi connectivity index (χ3n) is 6.78. The Morgan fingerprint density at radius 2 is 1.72 bits per heavy atom. The molecule has 4 aliphatic rings. The Morgan fingerprint density at radius 3 is 2.44 bits per heavy atom. The third-order valence-corrected chi connectivity index (χ3v) is 6.78. The number of rotatable bonds is 5. The fraction of sp³-hybridized carbons (Fsp3) is 0.696. The molecular weight excluding hydrogens is 414 g/mol. The van der Waals surface area contributed by atoms with Gasteiger partial charge < -0.3 is 19.1 Å². The summed E-state index contributed by atoms with van der Waals surface area (Å²) in [7, 11) is 1.65. The van der Waals surface area contributed by atoms with Crippen LogP contribution >= 0.6 is 0 Å². The predicted octanol–water partition coefficient (Wildman–Crippen LogP) is 1.40. The number of ether oxygens (including phenoxy) is 3. The molecule has 4 heterocycles. The highest BCUT2D eigenvalue weighted by Gasteiger charge is 2.54. The van der Waals surface area contributed by atoms with E-state index < -0.39 is 12.4 Å². The van der Waals surface area contributed by atoms with E-state index >= 15 is 0 Å². The van der Waals surface area contributed by atoms with Crippen LogP contribution in [0, 0.1) is 0 Å². The van der Waals surface area contributed by atoms with Crippen LogP contribution < -0.4 is 4.74 Å². The number of hydroxylamine groups is 4. The lowest BCUT2D eigenvalue weighted by molar-refractivity contribution is -0.343. The van der Waals surface area contributed by atoms with Crippen molar-refractivity contribution < 1.29 is 28.7 Å². The van der Waals surface area contributed by atoms with Gasteiger partial charge in [0.2, 0.25) is 0 Å². The van der Waals surface area contributed by atoms with Crippen molar-refractivity contribution in [3.8, 4) is 5.75 Å². The molecular formula is C23H33N3O6. The molecule has 0 radical (unpaired) electrons. The Hall–Kier alpha value is -1.75. The molecule has 32 heavy (non-hydrogen) atoms. The van der Waals surface area contributed by atoms with Crippen LogP contribution in [0.25, 0.3) is 0 Å². The molecule has 0 aromatic heterocycles. The number of nitrogens with zero attached hydrogens (tertiary/aromatic N) is 3. The number of morpholine rings is 2. The van der Waals surface area contributed by atoms with Gasteiger partial charge in [-0.05, 0) is 37.0 Å². The second-order valence-electron chi connectivity index (χ2n) is 8.73. The lowest BCUT2D eigenvalue weighted by Crippen LogP contribution is -2.53. The molecule has 0 saturated carbocycles. The number of hydrogen-bond acceptors (Lipinski definition) is 8. The average Bonchev–Trinajstić information content (AvgIpc) is 3.25. The van der Waals surface area contributed by atoms with Crippen LogP contribution in [-0.4, -0.2) is 99.0 Å². The van der Waals surface area contributed by atoms with Gasteiger partial charge in [0.15, 0.2) is 12.4 Å². The lowest BCUT2D eigenvalue weighted by atomic mass is 9.85. The fourth-order valence-electron chi connectivity index (χ4n) is 5.09. The van der Waals surface area contributed by atoms with Gasteiger partial charge >= 0.3 is 0 Å². The Bertz CT molecular complexity index is 766. The van der Waals surface area contributed by atoms with Crippen molar-refractivity contribution in [2.45, 2.75) is 43.6 Å². The van der Waals surface area contributed by atoms with Crippen LogP contribution in [0.3, 0.4) is 0 Å². The summed E-state index contributed by atoms with van der Waals surface area (Å²) >= 11 is 0. The van der Waals surface area contributed by atoms with Crippen LogP contribution in [0.15, 0.2) is 24.3 Å². The molecule has 4 aliphatic heterocycles. The smallest absolute Gasteiger partial charge is 0.254 e. The van der Waals surface area contributed by atoms with Crippen LogP contribution in [0.2, 0.25) is 0 Å². The zero-order chi connectivity index (χ0) is 21.9. The van der Waals surface area contributed by atoms with E-state index in [-0.39, 0.29) is 17.9 Å². The predicted molar refractivity (Wildman–Crippen MR) is 115 cm³/mol. The van der Waals surface area contributed by atoms with Gasteiger partial charge in [-0.3, -0.25) is 14.5 Å². The van der Waals surface area contributed by atoms with E-state index in [1.54, 1.807) is 7.11 Å². The summed E-state index contributed by atoms with van der Waals surface area (Å²) in [6, 6.07) is 7.68. The highest BCUT2D eigenvalue weighted by Crippen LogP contribution is 2.42. The summed E-state index contributed by atoms with van der Waals surface area (Å²) in [5.74, 6) is 0.635. The first-order valence-corrected chi connectivity index (χ1v) is 11.7. The molecule has 4 atom stereocenters. The molecule has 9 nitrogen and oxygen atoms in total. The van der Waals surface area contributed by atoms with Crippen molar-refractivity contribution in [3.63, 3.8) is 0 Å². The summed E-state index contributed by atoms with van der Waals surface area (Å²) in [5, 5.41) is 3.82. The van der Waals surface area contributed by atoms with Crippen molar-refractivity contribution in [1.29, 1.82) is 0 Å². The first-order valence-electron chi connectivity index (χ1n) is 11.7. The molecule has 1 unspecified atom stereocenters. The highest BCUT2D eigenvalue weighted by atomic mass is 16.8. The van der Waals surface area contributed by atoms with Crippen molar-refractivity contribution >= 4 is 5.91 Å². The van der Waals surface area contributed by atoms with E-state index in [1.807, 2.05) is 39.3 Å². The molecule has 5 rings (SSSR count). The molecule has 1 amide bonds. The van der Waals surface area contributed by atoms with Gasteiger partial charge in [-0.25, -0.2) is 0 Å². The minimum atomic E-state index is -0.594. The second kappa shape index (κ2) is 10.0. The Balaban J connectivity index is 1.43.